The third-order valence-corrected chi connectivity index (χ3v) is 3.71. The highest BCUT2D eigenvalue weighted by atomic mass is 16.6. The fraction of sp³-hybridized carbons (Fsp3) is 0.533. The van der Waals surface area contributed by atoms with Crippen molar-refractivity contribution in [3.05, 3.63) is 35.9 Å². The van der Waals surface area contributed by atoms with Crippen LogP contribution in [0.1, 0.15) is 19.4 Å². The number of hydrogen-bond donors (Lipinski definition) is 0. The van der Waals surface area contributed by atoms with Gasteiger partial charge in [0.1, 0.15) is 18.4 Å². The fourth-order valence-corrected chi connectivity index (χ4v) is 2.53. The standard InChI is InChI=1S/C15H19NO4/c1-15(2)16(12(9-20-15)13-10-18-13)14(17)19-8-11-6-4-3-5-7-11/h3-7,12-13H,8-10H2,1-2H3/t12-,13+/m0/s1. The van der Waals surface area contributed by atoms with E-state index in [1.165, 1.54) is 0 Å². The van der Waals surface area contributed by atoms with Gasteiger partial charge >= 0.3 is 6.09 Å². The largest absolute Gasteiger partial charge is 0.444 e. The lowest BCUT2D eigenvalue weighted by Gasteiger charge is -2.32. The Labute approximate surface area is 118 Å². The van der Waals surface area contributed by atoms with Crippen molar-refractivity contribution >= 4 is 6.09 Å². The number of ether oxygens (including phenoxy) is 3. The number of nitrogens with zero attached hydrogens (tertiary/aromatic N) is 1. The average molecular weight is 277 g/mol. The van der Waals surface area contributed by atoms with Crippen molar-refractivity contribution in [2.24, 2.45) is 0 Å². The monoisotopic (exact) mass is 277 g/mol. The maximum atomic E-state index is 12.3. The molecule has 2 fully saturated rings. The Balaban J connectivity index is 1.65. The van der Waals surface area contributed by atoms with E-state index in [0.717, 1.165) is 5.56 Å². The van der Waals surface area contributed by atoms with Gasteiger partial charge in [0, 0.05) is 0 Å². The second-order valence-electron chi connectivity index (χ2n) is 5.61. The molecular formula is C15H19NO4. The first kappa shape index (κ1) is 13.4. The van der Waals surface area contributed by atoms with Crippen LogP contribution < -0.4 is 0 Å². The molecule has 1 aromatic rings. The minimum Gasteiger partial charge on any atom is -0.444 e. The molecule has 0 spiro atoms. The zero-order valence-corrected chi connectivity index (χ0v) is 11.7. The number of carbonyl (C=O) groups is 1. The van der Waals surface area contributed by atoms with Crippen LogP contribution in [0.3, 0.4) is 0 Å². The molecule has 0 bridgehead atoms. The average Bonchev–Trinajstić information content (AvgIpc) is 3.22. The normalized spacial score (nSPS) is 27.4. The second-order valence-corrected chi connectivity index (χ2v) is 5.61. The summed E-state index contributed by atoms with van der Waals surface area (Å²) >= 11 is 0. The molecule has 2 heterocycles. The van der Waals surface area contributed by atoms with Crippen LogP contribution in [0.4, 0.5) is 4.79 Å². The quantitative estimate of drug-likeness (QED) is 0.794. The zero-order chi connectivity index (χ0) is 14.2. The molecule has 2 aliphatic rings. The molecule has 1 aromatic carbocycles. The number of hydrogen-bond acceptors (Lipinski definition) is 4. The van der Waals surface area contributed by atoms with Crippen molar-refractivity contribution < 1.29 is 19.0 Å². The molecule has 0 radical (unpaired) electrons. The molecule has 2 atom stereocenters. The Kier molecular flexibility index (Phi) is 3.40. The van der Waals surface area contributed by atoms with Gasteiger partial charge in [0.2, 0.25) is 0 Å². The maximum Gasteiger partial charge on any atom is 0.412 e. The Morgan fingerprint density at radius 3 is 2.70 bits per heavy atom. The van der Waals surface area contributed by atoms with Gasteiger partial charge in [0.05, 0.1) is 19.3 Å². The van der Waals surface area contributed by atoms with Crippen LogP contribution in [0, 0.1) is 0 Å². The van der Waals surface area contributed by atoms with Crippen LogP contribution in [-0.2, 0) is 20.8 Å². The minimum atomic E-state index is -0.648. The Bertz CT molecular complexity index is 484. The summed E-state index contributed by atoms with van der Waals surface area (Å²) < 4.78 is 16.4. The van der Waals surface area contributed by atoms with Gasteiger partial charge in [-0.2, -0.15) is 0 Å². The lowest BCUT2D eigenvalue weighted by molar-refractivity contribution is -0.0499. The van der Waals surface area contributed by atoms with E-state index < -0.39 is 5.72 Å². The zero-order valence-electron chi connectivity index (χ0n) is 11.7. The van der Waals surface area contributed by atoms with Crippen LogP contribution in [0.5, 0.6) is 0 Å². The van der Waals surface area contributed by atoms with Crippen molar-refractivity contribution in [2.75, 3.05) is 13.2 Å². The lowest BCUT2D eigenvalue weighted by Crippen LogP contribution is -2.49. The number of benzene rings is 1. The SMILES string of the molecule is CC1(C)OC[C@@H]([C@H]2CO2)N1C(=O)OCc1ccccc1. The Morgan fingerprint density at radius 1 is 1.35 bits per heavy atom. The first-order chi connectivity index (χ1) is 9.58. The molecule has 0 aliphatic carbocycles. The summed E-state index contributed by atoms with van der Waals surface area (Å²) in [4.78, 5) is 14.0. The Hall–Kier alpha value is -1.59. The van der Waals surface area contributed by atoms with Crippen molar-refractivity contribution in [1.29, 1.82) is 0 Å². The van der Waals surface area contributed by atoms with E-state index in [9.17, 15) is 4.79 Å². The Morgan fingerprint density at radius 2 is 2.05 bits per heavy atom. The van der Waals surface area contributed by atoms with Gasteiger partial charge < -0.3 is 14.2 Å². The van der Waals surface area contributed by atoms with E-state index in [1.807, 2.05) is 44.2 Å². The molecule has 0 saturated carbocycles. The van der Waals surface area contributed by atoms with Crippen molar-refractivity contribution in [3.8, 4) is 0 Å². The molecule has 5 nitrogen and oxygen atoms in total. The van der Waals surface area contributed by atoms with E-state index in [0.29, 0.717) is 13.2 Å². The van der Waals surface area contributed by atoms with Crippen molar-refractivity contribution in [3.63, 3.8) is 0 Å². The van der Waals surface area contributed by atoms with Gasteiger partial charge in [-0.1, -0.05) is 30.3 Å². The summed E-state index contributed by atoms with van der Waals surface area (Å²) in [5, 5.41) is 0. The number of amides is 1. The van der Waals surface area contributed by atoms with Crippen LogP contribution >= 0.6 is 0 Å². The molecule has 0 aromatic heterocycles. The number of rotatable bonds is 3. The van der Waals surface area contributed by atoms with E-state index in [1.54, 1.807) is 4.90 Å². The summed E-state index contributed by atoms with van der Waals surface area (Å²) in [6, 6.07) is 9.59. The molecule has 108 valence electrons. The third-order valence-electron chi connectivity index (χ3n) is 3.71. The lowest BCUT2D eigenvalue weighted by atomic mass is 10.2. The minimum absolute atomic E-state index is 0.0479. The molecule has 1 amide bonds. The van der Waals surface area contributed by atoms with Crippen molar-refractivity contribution in [1.82, 2.24) is 4.90 Å². The van der Waals surface area contributed by atoms with Crippen LogP contribution in [0.15, 0.2) is 30.3 Å². The van der Waals surface area contributed by atoms with E-state index >= 15 is 0 Å². The predicted molar refractivity (Wildman–Crippen MR) is 72.0 cm³/mol. The smallest absolute Gasteiger partial charge is 0.412 e. The fourth-order valence-electron chi connectivity index (χ4n) is 2.53. The first-order valence-electron chi connectivity index (χ1n) is 6.83. The maximum absolute atomic E-state index is 12.3. The molecule has 20 heavy (non-hydrogen) atoms. The topological polar surface area (TPSA) is 51.3 Å². The predicted octanol–water partition coefficient (Wildman–Crippen LogP) is 2.16. The van der Waals surface area contributed by atoms with Gasteiger partial charge in [-0.25, -0.2) is 4.79 Å². The number of epoxide rings is 1. The highest BCUT2D eigenvalue weighted by Crippen LogP contribution is 2.34. The molecule has 2 saturated heterocycles. The van der Waals surface area contributed by atoms with E-state index in [-0.39, 0.29) is 24.8 Å². The van der Waals surface area contributed by atoms with E-state index in [4.69, 9.17) is 14.2 Å². The summed E-state index contributed by atoms with van der Waals surface area (Å²) in [6.45, 7) is 5.20. The molecule has 3 rings (SSSR count). The first-order valence-corrected chi connectivity index (χ1v) is 6.83. The van der Waals surface area contributed by atoms with Gasteiger partial charge in [-0.3, -0.25) is 4.90 Å². The summed E-state index contributed by atoms with van der Waals surface area (Å²) in [7, 11) is 0. The van der Waals surface area contributed by atoms with Gasteiger partial charge in [-0.15, -0.1) is 0 Å². The van der Waals surface area contributed by atoms with E-state index in [2.05, 4.69) is 0 Å². The van der Waals surface area contributed by atoms with Crippen LogP contribution in [0.2, 0.25) is 0 Å². The summed E-state index contributed by atoms with van der Waals surface area (Å²) in [6.07, 6.45) is -0.266. The number of carbonyl (C=O) groups excluding carboxylic acids is 1. The van der Waals surface area contributed by atoms with Gasteiger partial charge in [0.15, 0.2) is 0 Å². The summed E-state index contributed by atoms with van der Waals surface area (Å²) in [5.74, 6) is 0. The molecular weight excluding hydrogens is 258 g/mol. The highest BCUT2D eigenvalue weighted by Gasteiger charge is 2.51. The molecule has 0 N–H and O–H groups in total. The van der Waals surface area contributed by atoms with Crippen LogP contribution in [-0.4, -0.2) is 42.1 Å². The summed E-state index contributed by atoms with van der Waals surface area (Å²) in [5.41, 5.74) is 0.322. The highest BCUT2D eigenvalue weighted by molar-refractivity contribution is 5.69. The van der Waals surface area contributed by atoms with Gasteiger partial charge in [0.25, 0.3) is 0 Å². The molecule has 0 unspecified atom stereocenters. The second kappa shape index (κ2) is 5.07. The van der Waals surface area contributed by atoms with Gasteiger partial charge in [-0.05, 0) is 19.4 Å². The van der Waals surface area contributed by atoms with Crippen LogP contribution in [0.25, 0.3) is 0 Å². The third kappa shape index (κ3) is 2.64. The molecule has 2 aliphatic heterocycles. The molecule has 5 heteroatoms. The van der Waals surface area contributed by atoms with Crippen molar-refractivity contribution in [2.45, 2.75) is 38.3 Å².